The molecule has 1 aromatic heterocycles. The number of likely N-dealkylation sites (N-methyl/N-ethyl adjacent to an activating group) is 5. The van der Waals surface area contributed by atoms with Crippen LogP contribution in [0.2, 0.25) is 0 Å². The van der Waals surface area contributed by atoms with E-state index in [4.69, 9.17) is 11.5 Å². The van der Waals surface area contributed by atoms with Gasteiger partial charge < -0.3 is 99.0 Å². The number of carbonyl (C=O) groups excluding carboxylic acids is 15. The fraction of sp³-hybridized carbons (Fsp3) is 0.424. The highest BCUT2D eigenvalue weighted by atomic mass is 32.2. The van der Waals surface area contributed by atoms with Crippen molar-refractivity contribution in [2.75, 3.05) is 72.9 Å². The number of aromatic amines is 1. The van der Waals surface area contributed by atoms with Gasteiger partial charge in [-0.05, 0) is 88.4 Å². The van der Waals surface area contributed by atoms with Gasteiger partial charge in [-0.15, -0.1) is 11.8 Å². The van der Waals surface area contributed by atoms with Crippen LogP contribution >= 0.6 is 11.8 Å². The summed E-state index contributed by atoms with van der Waals surface area (Å²) in [4.78, 5) is 231. The van der Waals surface area contributed by atoms with Crippen LogP contribution in [-0.2, 0) is 110 Å². The summed E-state index contributed by atoms with van der Waals surface area (Å²) in [6, 6.07) is 28.7. The van der Waals surface area contributed by atoms with Crippen molar-refractivity contribution in [3.63, 3.8) is 0 Å². The Morgan fingerprint density at radius 2 is 0.898 bits per heavy atom. The summed E-state index contributed by atoms with van der Waals surface area (Å²) in [6.07, 6.45) is 1.50. The minimum atomic E-state index is -1.58. The number of para-hydroxylation sites is 1. The maximum absolute atomic E-state index is 15.5. The van der Waals surface area contributed by atoms with Crippen LogP contribution in [0, 0.1) is 11.8 Å². The molecule has 1 aliphatic rings. The number of nitrogens with two attached hydrogens (primary N) is 2. The maximum atomic E-state index is 15.5. The molecule has 34 nitrogen and oxygen atoms in total. The molecule has 16 N–H and O–H groups in total. The first-order valence-corrected chi connectivity index (χ1v) is 43.4. The fourth-order valence-corrected chi connectivity index (χ4v) is 15.7. The van der Waals surface area contributed by atoms with Crippen molar-refractivity contribution in [2.45, 2.75) is 165 Å². The molecule has 127 heavy (non-hydrogen) atoms. The molecular weight excluding hydrogens is 1650 g/mol. The molecule has 1 fully saturated rings. The quantitative estimate of drug-likeness (QED) is 0.0460. The van der Waals surface area contributed by atoms with Gasteiger partial charge in [-0.3, -0.25) is 71.9 Å². The Kier molecular flexibility index (Phi) is 37.8. The van der Waals surface area contributed by atoms with E-state index in [9.17, 15) is 48.6 Å². The number of aromatic hydroxyl groups is 2. The first kappa shape index (κ1) is 99.2. The number of H-pyrrole nitrogens is 1. The molecule has 6 aromatic carbocycles. The van der Waals surface area contributed by atoms with Crippen LogP contribution < -0.4 is 59.3 Å². The number of phenolic OH excluding ortho intramolecular Hbond substituents is 2. The van der Waals surface area contributed by atoms with Crippen LogP contribution in [0.4, 0.5) is 0 Å². The summed E-state index contributed by atoms with van der Waals surface area (Å²) >= 11 is 0.846. The van der Waals surface area contributed by atoms with E-state index in [2.05, 4.69) is 52.8 Å². The lowest BCUT2D eigenvalue weighted by Gasteiger charge is -2.37. The molecule has 0 aliphatic carbocycles. The molecule has 11 unspecified atom stereocenters. The van der Waals surface area contributed by atoms with E-state index in [1.54, 1.807) is 149 Å². The third kappa shape index (κ3) is 29.7. The number of carbonyl (C=O) groups is 15. The molecule has 0 spiro atoms. The number of nitrogens with zero attached hydrogens (tertiary/aromatic N) is 5. The van der Waals surface area contributed by atoms with Crippen molar-refractivity contribution in [1.82, 2.24) is 77.3 Å². The van der Waals surface area contributed by atoms with Gasteiger partial charge >= 0.3 is 0 Å². The van der Waals surface area contributed by atoms with Gasteiger partial charge in [-0.25, -0.2) is 0 Å². The van der Waals surface area contributed by atoms with Gasteiger partial charge in [-0.2, -0.15) is 0 Å². The molecule has 680 valence electrons. The molecule has 0 bridgehead atoms. The monoisotopic (exact) mass is 1770 g/mol. The molecule has 8 rings (SSSR count). The third-order valence-electron chi connectivity index (χ3n) is 21.9. The number of thioether (sulfide) groups is 1. The molecule has 0 saturated carbocycles. The topological polar surface area (TPSA) is 489 Å². The molecule has 35 heteroatoms. The second-order valence-corrected chi connectivity index (χ2v) is 33.7. The molecule has 1 aliphatic heterocycles. The molecule has 2 heterocycles. The van der Waals surface area contributed by atoms with E-state index in [1.165, 1.54) is 93.6 Å². The SMILES string of the molecule is CCCCC1C(=O)N(C)CC(=O)NC(CN)C(=O)NC(C(C)C)C(=O)N(C)C(Cc2ccccc2)C(=O)NC(Cc2ccc(O)cc2)C(=O)N(C)CC(=O)NC(Cc2c[nH]c3ccccc23)C(=O)NC(Cc2ccc(O)cc2)C(=O)NC(CC(C)C)C(=O)NC(C(=O)NCC(N)=O)CSCC(=O)NC(Cc2ccccc2)C(=O)N(C)C(Cc2ccccc2)C(=O)N1C. The van der Waals surface area contributed by atoms with Crippen molar-refractivity contribution in [3.05, 3.63) is 203 Å². The van der Waals surface area contributed by atoms with Crippen molar-refractivity contribution in [3.8, 4) is 11.5 Å². The van der Waals surface area contributed by atoms with Gasteiger partial charge in [0, 0.05) is 103 Å². The van der Waals surface area contributed by atoms with E-state index in [-0.39, 0.29) is 74.5 Å². The second kappa shape index (κ2) is 48.3. The van der Waals surface area contributed by atoms with Gasteiger partial charge in [0.1, 0.15) is 78.0 Å². The number of amides is 15. The second-order valence-electron chi connectivity index (χ2n) is 32.7. The van der Waals surface area contributed by atoms with Crippen LogP contribution in [-0.4, -0.2) is 268 Å². The first-order chi connectivity index (χ1) is 60.5. The highest BCUT2D eigenvalue weighted by molar-refractivity contribution is 8.00. The van der Waals surface area contributed by atoms with Gasteiger partial charge in [-0.1, -0.05) is 181 Å². The lowest BCUT2D eigenvalue weighted by molar-refractivity contribution is -0.151. The summed E-state index contributed by atoms with van der Waals surface area (Å²) in [5.41, 5.74) is 15.5. The summed E-state index contributed by atoms with van der Waals surface area (Å²) in [7, 11) is 6.77. The van der Waals surface area contributed by atoms with Crippen molar-refractivity contribution >= 4 is 111 Å². The van der Waals surface area contributed by atoms with E-state index >= 15 is 33.6 Å². The van der Waals surface area contributed by atoms with Crippen molar-refractivity contribution in [1.29, 1.82) is 0 Å². The number of nitrogens with one attached hydrogen (secondary N) is 10. The Bertz CT molecular complexity index is 4950. The maximum Gasteiger partial charge on any atom is 0.246 e. The summed E-state index contributed by atoms with van der Waals surface area (Å²) in [5.74, 6) is -14.8. The first-order valence-electron chi connectivity index (χ1n) is 42.3. The molecule has 15 amide bonds. The summed E-state index contributed by atoms with van der Waals surface area (Å²) < 4.78 is 0. The number of hydrogen-bond donors (Lipinski definition) is 14. The van der Waals surface area contributed by atoms with Crippen molar-refractivity contribution in [2.24, 2.45) is 23.3 Å². The minimum absolute atomic E-state index is 0.0805. The Labute approximate surface area is 743 Å². The highest BCUT2D eigenvalue weighted by Gasteiger charge is 2.42. The number of phenols is 2. The predicted octanol–water partition coefficient (Wildman–Crippen LogP) is 1.81. The lowest BCUT2D eigenvalue weighted by atomic mass is 9.98. The zero-order chi connectivity index (χ0) is 92.7. The van der Waals surface area contributed by atoms with Gasteiger partial charge in [0.05, 0.1) is 25.4 Å². The number of unbranched alkanes of at least 4 members (excludes halogenated alkanes) is 1. The molecule has 0 radical (unpaired) electrons. The number of hydrogen-bond acceptors (Lipinski definition) is 19. The zero-order valence-corrected chi connectivity index (χ0v) is 74.1. The summed E-state index contributed by atoms with van der Waals surface area (Å²) in [6.45, 7) is 6.04. The van der Waals surface area contributed by atoms with Crippen LogP contribution in [0.3, 0.4) is 0 Å². The molecule has 11 atom stereocenters. The largest absolute Gasteiger partial charge is 0.508 e. The predicted molar refractivity (Wildman–Crippen MR) is 479 cm³/mol. The minimum Gasteiger partial charge on any atom is -0.508 e. The lowest BCUT2D eigenvalue weighted by Crippen LogP contribution is -2.61. The van der Waals surface area contributed by atoms with E-state index in [0.717, 1.165) is 26.5 Å². The summed E-state index contributed by atoms with van der Waals surface area (Å²) in [5, 5.41) is 45.7. The van der Waals surface area contributed by atoms with Crippen molar-refractivity contribution < 1.29 is 82.1 Å². The third-order valence-corrected chi connectivity index (χ3v) is 23.0. The van der Waals surface area contributed by atoms with Gasteiger partial charge in [0.25, 0.3) is 0 Å². The number of primary amides is 1. The standard InChI is InChI=1S/C92H119N17O17S/c1-11-12-32-74-90(124)106(7)52-79(114)99-72(48-93)86(120)104-81(56(4)5)92(126)108(9)75(45-58-26-18-14-19-27-58)87(121)102-70(44-61-35-39-64(111)40-36-61)88(122)105(6)51-78(113)97-69(47-62-49-95-66-31-23-22-30-65(62)66)85(119)101-68(42-60-33-37-63(110)38-34-60)84(118)100-67(41-55(2)3)83(117)103-73(82(116)96-50-77(94)112)53-127-54-80(115)98-71(43-57-24-16-13-17-25-57)89(123)109(10)76(91(125)107(74)8)46-59-28-20-15-21-29-59/h13-31,33-40,49,55-56,67-76,81,95,110-111H,11-12,32,41-48,50-54,93H2,1-10H3,(H2,94,112)(H,96,116)(H,97,113)(H,98,115)(H,99,114)(H,100,118)(H,101,119)(H,102,121)(H,103,117)(H,104,120). The van der Waals surface area contributed by atoms with Gasteiger partial charge in [0.2, 0.25) is 88.6 Å². The van der Waals surface area contributed by atoms with Crippen LogP contribution in [0.25, 0.3) is 10.9 Å². The highest BCUT2D eigenvalue weighted by Crippen LogP contribution is 2.24. The smallest absolute Gasteiger partial charge is 0.246 e. The van der Waals surface area contributed by atoms with Crippen LogP contribution in [0.15, 0.2) is 170 Å². The molecular formula is C92H119N17O17S. The van der Waals surface area contributed by atoms with Gasteiger partial charge in [0.15, 0.2) is 0 Å². The van der Waals surface area contributed by atoms with E-state index in [0.29, 0.717) is 57.1 Å². The normalized spacial score (nSPS) is 22.1. The van der Waals surface area contributed by atoms with Crippen LogP contribution in [0.1, 0.15) is 93.7 Å². The zero-order valence-electron chi connectivity index (χ0n) is 73.3. The Morgan fingerprint density at radius 3 is 1.43 bits per heavy atom. The van der Waals surface area contributed by atoms with Crippen LogP contribution in [0.5, 0.6) is 11.5 Å². The number of fused-ring (bicyclic) bond motifs is 1. The Balaban J connectivity index is 1.20. The number of rotatable bonds is 22. The Hall–Kier alpha value is -13.2. The number of benzene rings is 6. The average Bonchev–Trinajstić information content (AvgIpc) is 0.834. The molecule has 1 saturated heterocycles. The Morgan fingerprint density at radius 1 is 0.457 bits per heavy atom. The molecule has 7 aromatic rings. The van der Waals surface area contributed by atoms with E-state index in [1.807, 2.05) is 6.92 Å². The fourth-order valence-electron chi connectivity index (χ4n) is 14.8. The number of aromatic nitrogens is 1. The average molecular weight is 1770 g/mol. The van der Waals surface area contributed by atoms with E-state index < -0.39 is 193 Å².